The van der Waals surface area contributed by atoms with Crippen molar-refractivity contribution in [2.45, 2.75) is 44.1 Å². The molecule has 3 rings (SSSR count). The van der Waals surface area contributed by atoms with Crippen molar-refractivity contribution in [3.63, 3.8) is 0 Å². The van der Waals surface area contributed by atoms with E-state index in [0.717, 1.165) is 38.2 Å². The predicted molar refractivity (Wildman–Crippen MR) is 97.0 cm³/mol. The van der Waals surface area contributed by atoms with Crippen molar-refractivity contribution in [3.8, 4) is 0 Å². The first-order valence-corrected chi connectivity index (χ1v) is 9.01. The molecule has 0 bridgehead atoms. The Morgan fingerprint density at radius 1 is 1.22 bits per heavy atom. The lowest BCUT2D eigenvalue weighted by Gasteiger charge is -2.22. The molecule has 0 unspecified atom stereocenters. The highest BCUT2D eigenvalue weighted by atomic mass is 15.2. The number of hydrogen-bond donors (Lipinski definition) is 2. The van der Waals surface area contributed by atoms with E-state index in [4.69, 9.17) is 0 Å². The van der Waals surface area contributed by atoms with Gasteiger partial charge in [-0.25, -0.2) is 0 Å². The second-order valence-corrected chi connectivity index (χ2v) is 6.86. The second kappa shape index (κ2) is 7.35. The Morgan fingerprint density at radius 3 is 2.52 bits per heavy atom. The van der Waals surface area contributed by atoms with Gasteiger partial charge < -0.3 is 10.6 Å². The van der Waals surface area contributed by atoms with Gasteiger partial charge in [0.25, 0.3) is 0 Å². The van der Waals surface area contributed by atoms with E-state index in [0.29, 0.717) is 5.41 Å². The van der Waals surface area contributed by atoms with Gasteiger partial charge in [0.05, 0.1) is 0 Å². The lowest BCUT2D eigenvalue weighted by molar-refractivity contribution is 0.282. The lowest BCUT2D eigenvalue weighted by Crippen LogP contribution is -2.44. The maximum absolute atomic E-state index is 4.37. The molecule has 1 aromatic carbocycles. The zero-order valence-corrected chi connectivity index (χ0v) is 14.5. The molecule has 126 valence electrons. The third-order valence-corrected chi connectivity index (χ3v) is 5.22. The van der Waals surface area contributed by atoms with Crippen molar-refractivity contribution in [3.05, 3.63) is 35.9 Å². The van der Waals surface area contributed by atoms with Crippen LogP contribution in [-0.2, 0) is 5.41 Å². The van der Waals surface area contributed by atoms with E-state index in [2.05, 4.69) is 57.8 Å². The van der Waals surface area contributed by atoms with Crippen molar-refractivity contribution < 1.29 is 0 Å². The van der Waals surface area contributed by atoms with Gasteiger partial charge in [0, 0.05) is 38.1 Å². The van der Waals surface area contributed by atoms with Crippen molar-refractivity contribution in [1.82, 2.24) is 15.5 Å². The maximum atomic E-state index is 4.37. The molecule has 0 aromatic heterocycles. The number of likely N-dealkylation sites (N-methyl/N-ethyl adjacent to an activating group) is 1. The fraction of sp³-hybridized carbons (Fsp3) is 0.632. The summed E-state index contributed by atoms with van der Waals surface area (Å²) in [7, 11) is 1.86. The van der Waals surface area contributed by atoms with E-state index in [1.807, 2.05) is 7.05 Å². The number of hydrogen-bond acceptors (Lipinski definition) is 2. The first kappa shape index (κ1) is 16.3. The molecule has 4 heteroatoms. The number of rotatable bonds is 8. The van der Waals surface area contributed by atoms with Gasteiger partial charge in [0.2, 0.25) is 0 Å². The molecule has 4 nitrogen and oxygen atoms in total. The molecule has 0 atom stereocenters. The summed E-state index contributed by atoms with van der Waals surface area (Å²) in [5.41, 5.74) is 1.77. The van der Waals surface area contributed by atoms with Gasteiger partial charge in [-0.3, -0.25) is 9.89 Å². The fourth-order valence-corrected chi connectivity index (χ4v) is 3.34. The second-order valence-electron chi connectivity index (χ2n) is 6.86. The molecular weight excluding hydrogens is 284 g/mol. The Hall–Kier alpha value is -1.55. The summed E-state index contributed by atoms with van der Waals surface area (Å²) in [6, 6.07) is 11.7. The van der Waals surface area contributed by atoms with Gasteiger partial charge in [-0.1, -0.05) is 37.3 Å². The molecule has 2 aliphatic carbocycles. The number of benzene rings is 1. The van der Waals surface area contributed by atoms with Crippen LogP contribution in [0.15, 0.2) is 35.3 Å². The Bertz CT molecular complexity index is 517. The zero-order valence-electron chi connectivity index (χ0n) is 14.5. The van der Waals surface area contributed by atoms with Crippen LogP contribution in [0.2, 0.25) is 0 Å². The molecule has 2 aliphatic rings. The minimum Gasteiger partial charge on any atom is -0.356 e. The van der Waals surface area contributed by atoms with E-state index < -0.39 is 0 Å². The highest BCUT2D eigenvalue weighted by molar-refractivity contribution is 5.79. The van der Waals surface area contributed by atoms with Gasteiger partial charge in [0.15, 0.2) is 5.96 Å². The van der Waals surface area contributed by atoms with Crippen LogP contribution in [0.5, 0.6) is 0 Å². The lowest BCUT2D eigenvalue weighted by atomic mass is 9.96. The van der Waals surface area contributed by atoms with Gasteiger partial charge >= 0.3 is 0 Å². The minimum absolute atomic E-state index is 0.322. The van der Waals surface area contributed by atoms with E-state index in [1.165, 1.54) is 31.2 Å². The molecule has 0 amide bonds. The number of nitrogens with one attached hydrogen (secondary N) is 2. The summed E-state index contributed by atoms with van der Waals surface area (Å²) < 4.78 is 0. The van der Waals surface area contributed by atoms with E-state index in [1.54, 1.807) is 0 Å². The van der Waals surface area contributed by atoms with E-state index >= 15 is 0 Å². The Labute approximate surface area is 140 Å². The van der Waals surface area contributed by atoms with Crippen LogP contribution in [-0.4, -0.2) is 50.1 Å². The van der Waals surface area contributed by atoms with Crippen LogP contribution in [0.3, 0.4) is 0 Å². The molecule has 0 saturated heterocycles. The summed E-state index contributed by atoms with van der Waals surface area (Å²) in [5, 5.41) is 6.99. The number of nitrogens with zero attached hydrogens (tertiary/aromatic N) is 2. The predicted octanol–water partition coefficient (Wildman–Crippen LogP) is 2.37. The Kier molecular flexibility index (Phi) is 5.21. The maximum Gasteiger partial charge on any atom is 0.191 e. The molecule has 2 N–H and O–H groups in total. The molecule has 1 aromatic rings. The van der Waals surface area contributed by atoms with E-state index in [9.17, 15) is 0 Å². The molecule has 2 saturated carbocycles. The van der Waals surface area contributed by atoms with Crippen LogP contribution in [0.4, 0.5) is 0 Å². The highest BCUT2D eigenvalue weighted by Gasteiger charge is 2.44. The SMILES string of the molecule is CCN(CCNC(=NC)NCC1(c2ccccc2)CC1)C1CC1. The molecule has 2 fully saturated rings. The molecule has 0 aliphatic heterocycles. The molecule has 23 heavy (non-hydrogen) atoms. The van der Waals surface area contributed by atoms with Crippen molar-refractivity contribution in [2.75, 3.05) is 33.2 Å². The van der Waals surface area contributed by atoms with Gasteiger partial charge in [0.1, 0.15) is 0 Å². The van der Waals surface area contributed by atoms with Crippen LogP contribution in [0, 0.1) is 0 Å². The Morgan fingerprint density at radius 2 is 1.96 bits per heavy atom. The van der Waals surface area contributed by atoms with Crippen LogP contribution in [0.25, 0.3) is 0 Å². The van der Waals surface area contributed by atoms with Crippen molar-refractivity contribution >= 4 is 5.96 Å². The van der Waals surface area contributed by atoms with Crippen LogP contribution >= 0.6 is 0 Å². The third-order valence-electron chi connectivity index (χ3n) is 5.22. The average Bonchev–Trinajstić information content (AvgIpc) is 3.49. The molecule has 0 radical (unpaired) electrons. The molecule has 0 heterocycles. The Balaban J connectivity index is 1.43. The summed E-state index contributed by atoms with van der Waals surface area (Å²) in [6.45, 7) is 6.43. The number of guanidine groups is 1. The van der Waals surface area contributed by atoms with Gasteiger partial charge in [-0.05, 0) is 37.8 Å². The quantitative estimate of drug-likeness (QED) is 0.572. The first-order chi connectivity index (χ1) is 11.3. The van der Waals surface area contributed by atoms with Gasteiger partial charge in [-0.2, -0.15) is 0 Å². The minimum atomic E-state index is 0.322. The highest BCUT2D eigenvalue weighted by Crippen LogP contribution is 2.47. The van der Waals surface area contributed by atoms with E-state index in [-0.39, 0.29) is 0 Å². The summed E-state index contributed by atoms with van der Waals surface area (Å²) in [5.74, 6) is 0.930. The summed E-state index contributed by atoms with van der Waals surface area (Å²) in [4.78, 5) is 6.93. The smallest absolute Gasteiger partial charge is 0.191 e. The average molecular weight is 314 g/mol. The number of aliphatic imine (C=N–C) groups is 1. The fourth-order valence-electron chi connectivity index (χ4n) is 3.34. The summed E-state index contributed by atoms with van der Waals surface area (Å²) in [6.07, 6.45) is 5.29. The topological polar surface area (TPSA) is 39.7 Å². The first-order valence-electron chi connectivity index (χ1n) is 9.01. The van der Waals surface area contributed by atoms with Crippen LogP contribution in [0.1, 0.15) is 38.2 Å². The van der Waals surface area contributed by atoms with Crippen molar-refractivity contribution in [2.24, 2.45) is 4.99 Å². The zero-order chi connectivity index (χ0) is 16.1. The van der Waals surface area contributed by atoms with Crippen molar-refractivity contribution in [1.29, 1.82) is 0 Å². The normalized spacial score (nSPS) is 19.7. The molecule has 0 spiro atoms. The third kappa shape index (κ3) is 4.25. The largest absolute Gasteiger partial charge is 0.356 e. The standard InChI is InChI=1S/C19H30N4/c1-3-23(17-9-10-17)14-13-21-18(20-2)22-15-19(11-12-19)16-7-5-4-6-8-16/h4-8,17H,3,9-15H2,1-2H3,(H2,20,21,22). The summed E-state index contributed by atoms with van der Waals surface area (Å²) >= 11 is 0. The van der Waals surface area contributed by atoms with Gasteiger partial charge in [-0.15, -0.1) is 0 Å². The molecular formula is C19H30N4. The monoisotopic (exact) mass is 314 g/mol. The van der Waals surface area contributed by atoms with Crippen LogP contribution < -0.4 is 10.6 Å².